The molecule has 1 heterocycles. The number of alkyl carbamates (subject to hydrolysis) is 1. The Morgan fingerprint density at radius 3 is 2.40 bits per heavy atom. The van der Waals surface area contributed by atoms with Gasteiger partial charge in [0.2, 0.25) is 5.91 Å². The number of carbonyl (C=O) groups excluding carboxylic acids is 3. The van der Waals surface area contributed by atoms with Crippen molar-refractivity contribution in [1.82, 2.24) is 5.32 Å². The second-order valence-electron chi connectivity index (χ2n) is 9.05. The van der Waals surface area contributed by atoms with Gasteiger partial charge in [0.25, 0.3) is 0 Å². The molecule has 0 fully saturated rings. The molecule has 188 valence electrons. The quantitative estimate of drug-likeness (QED) is 0.539. The summed E-state index contributed by atoms with van der Waals surface area (Å²) >= 11 is 1.47. The molecule has 0 aliphatic carbocycles. The lowest BCUT2D eigenvalue weighted by Crippen LogP contribution is -2.45. The molecule has 0 bridgehead atoms. The molecule has 2 aromatic rings. The molecular weight excluding hydrogens is 468 g/mol. The fraction of sp³-hybridized carbons (Fsp3) is 0.423. The number of rotatable bonds is 8. The Balaban J connectivity index is 1.82. The maximum Gasteiger partial charge on any atom is 0.407 e. The van der Waals surface area contributed by atoms with Crippen LogP contribution in [0.3, 0.4) is 0 Å². The first-order valence-corrected chi connectivity index (χ1v) is 12.3. The number of fused-ring (bicyclic) bond motifs is 1. The van der Waals surface area contributed by atoms with Crippen molar-refractivity contribution >= 4 is 35.4 Å². The molecule has 2 aromatic carbocycles. The van der Waals surface area contributed by atoms with E-state index in [2.05, 4.69) is 5.32 Å². The zero-order valence-electron chi connectivity index (χ0n) is 20.8. The maximum absolute atomic E-state index is 13.5. The Kier molecular flexibility index (Phi) is 8.67. The van der Waals surface area contributed by atoms with E-state index in [1.54, 1.807) is 34.8 Å². The lowest BCUT2D eigenvalue weighted by molar-refractivity contribution is -0.142. The molecule has 1 unspecified atom stereocenters. The molecule has 0 spiro atoms. The van der Waals surface area contributed by atoms with E-state index in [0.29, 0.717) is 12.1 Å². The minimum atomic E-state index is -0.599. The van der Waals surface area contributed by atoms with Crippen LogP contribution in [-0.2, 0) is 32.0 Å². The summed E-state index contributed by atoms with van der Waals surface area (Å²) in [5.74, 6) is 0.112. The molecule has 2 amide bonds. The molecule has 1 aliphatic rings. The first-order valence-electron chi connectivity index (χ1n) is 11.5. The first-order chi connectivity index (χ1) is 16.6. The zero-order chi connectivity index (χ0) is 25.6. The summed E-state index contributed by atoms with van der Waals surface area (Å²) in [5, 5.41) is 2.33. The summed E-state index contributed by atoms with van der Waals surface area (Å²) in [6.45, 7) is 7.40. The van der Waals surface area contributed by atoms with Crippen molar-refractivity contribution in [1.29, 1.82) is 0 Å². The van der Waals surface area contributed by atoms with Crippen LogP contribution in [-0.4, -0.2) is 49.1 Å². The van der Waals surface area contributed by atoms with E-state index in [0.717, 1.165) is 21.8 Å². The monoisotopic (exact) mass is 500 g/mol. The summed E-state index contributed by atoms with van der Waals surface area (Å²) in [6, 6.07) is 13.2. The SMILES string of the molecule is CCOC(=O)CN1C(=O)C(Cc2ccc(OC)cc2)Sc2ccc(CNC(=O)OC(C)(C)C)cc21. The van der Waals surface area contributed by atoms with Gasteiger partial charge in [-0.2, -0.15) is 0 Å². The molecule has 1 aliphatic heterocycles. The number of esters is 1. The number of amides is 2. The van der Waals surface area contributed by atoms with Crippen molar-refractivity contribution in [3.63, 3.8) is 0 Å². The molecule has 0 aromatic heterocycles. The average Bonchev–Trinajstić information content (AvgIpc) is 2.80. The van der Waals surface area contributed by atoms with Crippen LogP contribution in [0.4, 0.5) is 10.5 Å². The fourth-order valence-corrected chi connectivity index (χ4v) is 4.82. The molecular formula is C26H32N2O6S. The van der Waals surface area contributed by atoms with Gasteiger partial charge in [0.1, 0.15) is 17.9 Å². The van der Waals surface area contributed by atoms with Crippen molar-refractivity contribution in [2.45, 2.75) is 56.4 Å². The Morgan fingerprint density at radius 1 is 1.09 bits per heavy atom. The van der Waals surface area contributed by atoms with Gasteiger partial charge in [0.05, 0.1) is 24.7 Å². The number of benzene rings is 2. The number of nitrogens with one attached hydrogen (secondary N) is 1. The van der Waals surface area contributed by atoms with Gasteiger partial charge in [-0.15, -0.1) is 11.8 Å². The van der Waals surface area contributed by atoms with Crippen molar-refractivity contribution in [3.05, 3.63) is 53.6 Å². The third-order valence-corrected chi connectivity index (χ3v) is 6.39. The molecule has 35 heavy (non-hydrogen) atoms. The first kappa shape index (κ1) is 26.4. The number of carbonyl (C=O) groups is 3. The van der Waals surface area contributed by atoms with E-state index in [-0.39, 0.29) is 25.6 Å². The van der Waals surface area contributed by atoms with E-state index in [1.165, 1.54) is 16.7 Å². The number of nitrogens with zero attached hydrogens (tertiary/aromatic N) is 1. The predicted molar refractivity (Wildman–Crippen MR) is 135 cm³/mol. The van der Waals surface area contributed by atoms with E-state index in [1.807, 2.05) is 42.5 Å². The highest BCUT2D eigenvalue weighted by Gasteiger charge is 2.35. The van der Waals surface area contributed by atoms with Crippen LogP contribution >= 0.6 is 11.8 Å². The summed E-state index contributed by atoms with van der Waals surface area (Å²) < 4.78 is 15.6. The lowest BCUT2D eigenvalue weighted by atomic mass is 10.1. The Hall–Kier alpha value is -3.20. The van der Waals surface area contributed by atoms with Crippen molar-refractivity contribution in [2.75, 3.05) is 25.2 Å². The van der Waals surface area contributed by atoms with Gasteiger partial charge in [-0.05, 0) is 69.5 Å². The third-order valence-electron chi connectivity index (χ3n) is 5.13. The van der Waals surface area contributed by atoms with Crippen molar-refractivity contribution < 1.29 is 28.6 Å². The van der Waals surface area contributed by atoms with Crippen molar-refractivity contribution in [3.8, 4) is 5.75 Å². The van der Waals surface area contributed by atoms with Crippen LogP contribution in [0.2, 0.25) is 0 Å². The van der Waals surface area contributed by atoms with E-state index in [4.69, 9.17) is 14.2 Å². The predicted octanol–water partition coefficient (Wildman–Crippen LogP) is 4.33. The molecule has 8 nitrogen and oxygen atoms in total. The van der Waals surface area contributed by atoms with Crippen LogP contribution in [0.25, 0.3) is 0 Å². The van der Waals surface area contributed by atoms with Gasteiger partial charge in [-0.25, -0.2) is 4.79 Å². The summed E-state index contributed by atoms with van der Waals surface area (Å²) in [4.78, 5) is 40.2. The standard InChI is InChI=1S/C26H32N2O6S/c1-6-33-23(29)16-28-20-13-18(15-27-25(31)34-26(2,3)4)9-12-21(20)35-22(24(28)30)14-17-7-10-19(32-5)11-8-17/h7-13,22H,6,14-16H2,1-5H3,(H,27,31). The van der Waals surface area contributed by atoms with E-state index < -0.39 is 22.9 Å². The van der Waals surface area contributed by atoms with Crippen LogP contribution in [0.5, 0.6) is 5.75 Å². The van der Waals surface area contributed by atoms with Gasteiger partial charge in [0, 0.05) is 11.4 Å². The van der Waals surface area contributed by atoms with Gasteiger partial charge >= 0.3 is 12.1 Å². The van der Waals surface area contributed by atoms with Gasteiger partial charge in [-0.1, -0.05) is 18.2 Å². The Labute approximate surface area is 210 Å². The summed E-state index contributed by atoms with van der Waals surface area (Å²) in [5.41, 5.74) is 1.81. The molecule has 1 atom stereocenters. The lowest BCUT2D eigenvalue weighted by Gasteiger charge is -2.33. The molecule has 9 heteroatoms. The minimum absolute atomic E-state index is 0.163. The second-order valence-corrected chi connectivity index (χ2v) is 10.3. The molecule has 0 radical (unpaired) electrons. The smallest absolute Gasteiger partial charge is 0.407 e. The Bertz CT molecular complexity index is 1060. The topological polar surface area (TPSA) is 94.2 Å². The van der Waals surface area contributed by atoms with Gasteiger partial charge in [0.15, 0.2) is 0 Å². The summed E-state index contributed by atoms with van der Waals surface area (Å²) in [6.07, 6.45) is -0.0163. The summed E-state index contributed by atoms with van der Waals surface area (Å²) in [7, 11) is 1.61. The van der Waals surface area contributed by atoms with Crippen LogP contribution < -0.4 is 15.0 Å². The number of anilines is 1. The van der Waals surface area contributed by atoms with Crippen LogP contribution in [0.15, 0.2) is 47.4 Å². The van der Waals surface area contributed by atoms with Crippen LogP contribution in [0.1, 0.15) is 38.8 Å². The third kappa shape index (κ3) is 7.39. The van der Waals surface area contributed by atoms with Crippen molar-refractivity contribution in [2.24, 2.45) is 0 Å². The maximum atomic E-state index is 13.5. The van der Waals surface area contributed by atoms with Gasteiger partial charge in [-0.3, -0.25) is 14.5 Å². The molecule has 0 saturated carbocycles. The largest absolute Gasteiger partial charge is 0.497 e. The normalized spacial score (nSPS) is 15.3. The Morgan fingerprint density at radius 2 is 1.77 bits per heavy atom. The zero-order valence-corrected chi connectivity index (χ0v) is 21.6. The van der Waals surface area contributed by atoms with Crippen LogP contribution in [0, 0.1) is 0 Å². The van der Waals surface area contributed by atoms with E-state index in [9.17, 15) is 14.4 Å². The highest BCUT2D eigenvalue weighted by Crippen LogP contribution is 2.41. The minimum Gasteiger partial charge on any atom is -0.497 e. The van der Waals surface area contributed by atoms with Gasteiger partial charge < -0.3 is 19.5 Å². The number of methoxy groups -OCH3 is 1. The second kappa shape index (κ2) is 11.5. The fourth-order valence-electron chi connectivity index (χ4n) is 3.57. The molecule has 1 N–H and O–H groups in total. The molecule has 3 rings (SSSR count). The highest BCUT2D eigenvalue weighted by molar-refractivity contribution is 8.01. The average molecular weight is 501 g/mol. The highest BCUT2D eigenvalue weighted by atomic mass is 32.2. The van der Waals surface area contributed by atoms with E-state index >= 15 is 0 Å². The molecule has 0 saturated heterocycles. The number of hydrogen-bond donors (Lipinski definition) is 1. The number of thioether (sulfide) groups is 1. The number of ether oxygens (including phenoxy) is 3. The number of hydrogen-bond acceptors (Lipinski definition) is 7.